The minimum atomic E-state index is -6.05. The number of rotatable bonds is 3. The van der Waals surface area contributed by atoms with Gasteiger partial charge in [0, 0.05) is 0 Å². The maximum atomic E-state index is 12.2. The topological polar surface area (TPSA) is 66.4 Å². The van der Waals surface area contributed by atoms with Crippen molar-refractivity contribution in [3.63, 3.8) is 0 Å². The molecule has 0 spiro atoms. The average molecular weight is 235 g/mol. The van der Waals surface area contributed by atoms with E-state index in [0.29, 0.717) is 0 Å². The van der Waals surface area contributed by atoms with Gasteiger partial charge in [0.05, 0.1) is 0 Å². The van der Waals surface area contributed by atoms with Gasteiger partial charge >= 0.3 is 24.0 Å². The lowest BCUT2D eigenvalue weighted by molar-refractivity contribution is -0.270. The molecule has 0 rings (SSSR count). The summed E-state index contributed by atoms with van der Waals surface area (Å²) in [5, 5.41) is 9.18. The number of hydrogen-bond acceptors (Lipinski definition) is 2. The summed E-state index contributed by atoms with van der Waals surface area (Å²) in [6, 6.07) is -1.83. The largest absolute Gasteiger partial charge is 0.480 e. The molecule has 2 N–H and O–H groups in total. The van der Waals surface area contributed by atoms with Gasteiger partial charge in [-0.25, -0.2) is 0 Å². The lowest BCUT2D eigenvalue weighted by Crippen LogP contribution is -2.53. The molecule has 0 saturated heterocycles. The van der Waals surface area contributed by atoms with Gasteiger partial charge in [-0.05, 0) is 6.92 Å². The summed E-state index contributed by atoms with van der Waals surface area (Å²) in [4.78, 5) is 20.5. The van der Waals surface area contributed by atoms with Gasteiger partial charge in [-0.1, -0.05) is 0 Å². The molecule has 9 heteroatoms. The molecular weight excluding hydrogens is 229 g/mol. The van der Waals surface area contributed by atoms with Gasteiger partial charge in [0.25, 0.3) is 0 Å². The predicted molar refractivity (Wildman–Crippen MR) is 36.2 cm³/mol. The van der Waals surface area contributed by atoms with E-state index in [1.54, 1.807) is 0 Å². The van der Waals surface area contributed by atoms with Gasteiger partial charge in [0.15, 0.2) is 0 Å². The highest BCUT2D eigenvalue weighted by Gasteiger charge is 2.63. The van der Waals surface area contributed by atoms with Gasteiger partial charge in [0.1, 0.15) is 6.04 Å². The predicted octanol–water partition coefficient (Wildman–Crippen LogP) is 0.773. The molecule has 1 atom stereocenters. The first-order valence-electron chi connectivity index (χ1n) is 3.48. The van der Waals surface area contributed by atoms with Crippen molar-refractivity contribution in [2.75, 3.05) is 0 Å². The van der Waals surface area contributed by atoms with Crippen LogP contribution in [-0.4, -0.2) is 35.1 Å². The number of carbonyl (C=O) groups is 2. The van der Waals surface area contributed by atoms with Crippen LogP contribution in [0.2, 0.25) is 0 Å². The van der Waals surface area contributed by atoms with Crippen molar-refractivity contribution in [2.45, 2.75) is 25.1 Å². The number of nitrogens with one attached hydrogen (secondary N) is 1. The van der Waals surface area contributed by atoms with Crippen molar-refractivity contribution in [1.29, 1.82) is 0 Å². The first kappa shape index (κ1) is 13.6. The maximum Gasteiger partial charge on any atom is 0.463 e. The number of amides is 1. The van der Waals surface area contributed by atoms with Gasteiger partial charge in [0.2, 0.25) is 0 Å². The standard InChI is InChI=1S/C6H6F5NO3/c1-2(3(13)14)12-4(15)5(7,8)6(9,10)11/h2H,1H3,(H,12,15)(H,13,14)/t2-/m0/s1. The molecule has 0 saturated carbocycles. The molecule has 0 heterocycles. The van der Waals surface area contributed by atoms with Crippen LogP contribution in [0.4, 0.5) is 22.0 Å². The number of halogens is 5. The van der Waals surface area contributed by atoms with Crippen molar-refractivity contribution in [1.82, 2.24) is 5.32 Å². The van der Waals surface area contributed by atoms with Gasteiger partial charge < -0.3 is 10.4 Å². The molecule has 0 unspecified atom stereocenters. The summed E-state index contributed by atoms with van der Waals surface area (Å²) in [6.07, 6.45) is -6.05. The van der Waals surface area contributed by atoms with Crippen molar-refractivity contribution < 1.29 is 36.6 Å². The summed E-state index contributed by atoms with van der Waals surface area (Å²) in [5.41, 5.74) is 0. The first-order valence-corrected chi connectivity index (χ1v) is 3.48. The van der Waals surface area contributed by atoms with E-state index < -0.39 is 30.0 Å². The Balaban J connectivity index is 4.66. The summed E-state index contributed by atoms with van der Waals surface area (Å²) in [7, 11) is 0. The number of carboxylic acid groups (broad SMARTS) is 1. The Morgan fingerprint density at radius 2 is 1.60 bits per heavy atom. The zero-order valence-electron chi connectivity index (χ0n) is 7.23. The maximum absolute atomic E-state index is 12.2. The molecule has 0 bridgehead atoms. The highest BCUT2D eigenvalue weighted by molar-refractivity contribution is 5.88. The molecule has 0 fully saturated rings. The fourth-order valence-corrected chi connectivity index (χ4v) is 0.478. The Morgan fingerprint density at radius 3 is 1.87 bits per heavy atom. The second kappa shape index (κ2) is 3.99. The Labute approximate surface area is 80.1 Å². The molecule has 4 nitrogen and oxygen atoms in total. The average Bonchev–Trinajstić information content (AvgIpc) is 2.01. The number of alkyl halides is 5. The third-order valence-electron chi connectivity index (χ3n) is 1.36. The number of aliphatic carboxylic acids is 1. The quantitative estimate of drug-likeness (QED) is 0.710. The SMILES string of the molecule is C[C@H](NC(=O)C(F)(F)C(F)(F)F)C(=O)O. The van der Waals surface area contributed by atoms with Gasteiger partial charge in [-0.15, -0.1) is 0 Å². The molecule has 0 aromatic carbocycles. The highest BCUT2D eigenvalue weighted by Crippen LogP contribution is 2.35. The van der Waals surface area contributed by atoms with Crippen LogP contribution in [0.15, 0.2) is 0 Å². The Hall–Kier alpha value is -1.41. The van der Waals surface area contributed by atoms with Crippen LogP contribution in [0, 0.1) is 0 Å². The van der Waals surface area contributed by atoms with E-state index >= 15 is 0 Å². The van der Waals surface area contributed by atoms with Gasteiger partial charge in [-0.2, -0.15) is 22.0 Å². The molecule has 88 valence electrons. The van der Waals surface area contributed by atoms with E-state index in [0.717, 1.165) is 12.2 Å². The van der Waals surface area contributed by atoms with Crippen LogP contribution in [0.25, 0.3) is 0 Å². The second-order valence-corrected chi connectivity index (χ2v) is 2.61. The molecule has 0 aliphatic carbocycles. The fraction of sp³-hybridized carbons (Fsp3) is 0.667. The molecular formula is C6H6F5NO3. The third kappa shape index (κ3) is 3.03. The summed E-state index contributed by atoms with van der Waals surface area (Å²) < 4.78 is 59.2. The number of hydrogen-bond donors (Lipinski definition) is 2. The van der Waals surface area contributed by atoms with Crippen LogP contribution >= 0.6 is 0 Å². The van der Waals surface area contributed by atoms with E-state index in [9.17, 15) is 31.5 Å². The van der Waals surface area contributed by atoms with Crippen LogP contribution in [0.3, 0.4) is 0 Å². The van der Waals surface area contributed by atoms with E-state index in [4.69, 9.17) is 5.11 Å². The smallest absolute Gasteiger partial charge is 0.463 e. The van der Waals surface area contributed by atoms with Crippen LogP contribution < -0.4 is 5.32 Å². The summed E-state index contributed by atoms with van der Waals surface area (Å²) in [6.45, 7) is 0.757. The van der Waals surface area contributed by atoms with E-state index in [-0.39, 0.29) is 0 Å². The second-order valence-electron chi connectivity index (χ2n) is 2.61. The van der Waals surface area contributed by atoms with E-state index in [1.165, 1.54) is 0 Å². The third-order valence-corrected chi connectivity index (χ3v) is 1.36. The van der Waals surface area contributed by atoms with Crippen LogP contribution in [-0.2, 0) is 9.59 Å². The monoisotopic (exact) mass is 235 g/mol. The van der Waals surface area contributed by atoms with Crippen molar-refractivity contribution >= 4 is 11.9 Å². The van der Waals surface area contributed by atoms with E-state index in [1.807, 2.05) is 0 Å². The molecule has 1 amide bonds. The molecule has 0 aliphatic rings. The first-order chi connectivity index (χ1) is 6.50. The fourth-order valence-electron chi connectivity index (χ4n) is 0.478. The normalized spacial score (nSPS) is 14.5. The summed E-state index contributed by atoms with van der Waals surface area (Å²) in [5.74, 6) is -10.0. The molecule has 15 heavy (non-hydrogen) atoms. The van der Waals surface area contributed by atoms with Crippen LogP contribution in [0.5, 0.6) is 0 Å². The Bertz CT molecular complexity index is 274. The summed E-state index contributed by atoms with van der Waals surface area (Å²) >= 11 is 0. The Kier molecular flexibility index (Phi) is 3.61. The highest BCUT2D eigenvalue weighted by atomic mass is 19.4. The lowest BCUT2D eigenvalue weighted by atomic mass is 10.2. The number of carbonyl (C=O) groups excluding carboxylic acids is 1. The molecule has 0 radical (unpaired) electrons. The van der Waals surface area contributed by atoms with E-state index in [2.05, 4.69) is 0 Å². The molecule has 0 aliphatic heterocycles. The van der Waals surface area contributed by atoms with Crippen molar-refractivity contribution in [3.8, 4) is 0 Å². The zero-order valence-corrected chi connectivity index (χ0v) is 7.23. The lowest BCUT2D eigenvalue weighted by Gasteiger charge is -2.19. The molecule has 0 aromatic rings. The number of carboxylic acids is 1. The van der Waals surface area contributed by atoms with Crippen molar-refractivity contribution in [3.05, 3.63) is 0 Å². The minimum absolute atomic E-state index is 0.757. The zero-order chi connectivity index (χ0) is 12.4. The van der Waals surface area contributed by atoms with Crippen LogP contribution in [0.1, 0.15) is 6.92 Å². The minimum Gasteiger partial charge on any atom is -0.480 e. The van der Waals surface area contributed by atoms with Crippen molar-refractivity contribution in [2.24, 2.45) is 0 Å². The van der Waals surface area contributed by atoms with Gasteiger partial charge in [-0.3, -0.25) is 9.59 Å². The Morgan fingerprint density at radius 1 is 1.20 bits per heavy atom. The molecule has 0 aromatic heterocycles.